The summed E-state index contributed by atoms with van der Waals surface area (Å²) in [6, 6.07) is 7.55. The van der Waals surface area contributed by atoms with Crippen LogP contribution in [0.3, 0.4) is 0 Å². The van der Waals surface area contributed by atoms with Crippen molar-refractivity contribution in [2.24, 2.45) is 18.9 Å². The number of aryl methyl sites for hydroxylation is 1. The second-order valence-electron chi connectivity index (χ2n) is 9.27. The van der Waals surface area contributed by atoms with E-state index in [0.717, 1.165) is 37.0 Å². The molecule has 1 heterocycles. The first-order valence-corrected chi connectivity index (χ1v) is 11.6. The molecule has 9 nitrogen and oxygen atoms in total. The predicted molar refractivity (Wildman–Crippen MR) is 123 cm³/mol. The Balaban J connectivity index is 1.61. The van der Waals surface area contributed by atoms with Gasteiger partial charge in [-0.25, -0.2) is 9.48 Å². The fourth-order valence-electron chi connectivity index (χ4n) is 3.99. The molecule has 1 amide bonds. The molecule has 0 radical (unpaired) electrons. The summed E-state index contributed by atoms with van der Waals surface area (Å²) in [5, 5.41) is 27.3. The van der Waals surface area contributed by atoms with Gasteiger partial charge in [0.25, 0.3) is 0 Å². The molecule has 2 atom stereocenters. The van der Waals surface area contributed by atoms with Gasteiger partial charge in [-0.2, -0.15) is 0 Å². The predicted octanol–water partition coefficient (Wildman–Crippen LogP) is 3.34. The van der Waals surface area contributed by atoms with Gasteiger partial charge in [-0.15, -0.1) is 5.10 Å². The van der Waals surface area contributed by atoms with E-state index in [4.69, 9.17) is 9.47 Å². The van der Waals surface area contributed by atoms with Crippen LogP contribution in [-0.2, 0) is 18.4 Å². The molecule has 1 aliphatic carbocycles. The van der Waals surface area contributed by atoms with Crippen LogP contribution in [0.15, 0.2) is 24.3 Å². The number of aliphatic hydroxyl groups excluding tert-OH is 1. The summed E-state index contributed by atoms with van der Waals surface area (Å²) < 4.78 is 13.2. The van der Waals surface area contributed by atoms with Crippen LogP contribution in [0.4, 0.5) is 4.79 Å². The lowest BCUT2D eigenvalue weighted by molar-refractivity contribution is -0.103. The van der Waals surface area contributed by atoms with E-state index >= 15 is 0 Å². The second kappa shape index (κ2) is 11.5. The smallest absolute Gasteiger partial charge is 0.409 e. The topological polar surface area (TPSA) is 110 Å². The Morgan fingerprint density at radius 2 is 1.97 bits per heavy atom. The number of hydrogen-bond acceptors (Lipinski definition) is 7. The van der Waals surface area contributed by atoms with E-state index in [2.05, 4.69) is 24.2 Å². The second-order valence-corrected chi connectivity index (χ2v) is 9.27. The van der Waals surface area contributed by atoms with E-state index in [0.29, 0.717) is 30.3 Å². The fourth-order valence-corrected chi connectivity index (χ4v) is 3.99. The molecular weight excluding hydrogens is 424 g/mol. The first-order valence-electron chi connectivity index (χ1n) is 11.6. The molecule has 33 heavy (non-hydrogen) atoms. The Morgan fingerprint density at radius 1 is 1.24 bits per heavy atom. The minimum absolute atomic E-state index is 0.0319. The van der Waals surface area contributed by atoms with Crippen molar-refractivity contribution in [1.82, 2.24) is 19.9 Å². The lowest BCUT2D eigenvalue weighted by atomic mass is 9.87. The van der Waals surface area contributed by atoms with E-state index < -0.39 is 6.29 Å². The molecule has 1 saturated carbocycles. The van der Waals surface area contributed by atoms with Crippen molar-refractivity contribution in [1.29, 1.82) is 0 Å². The number of ether oxygens (including phenoxy) is 2. The van der Waals surface area contributed by atoms with Gasteiger partial charge in [0.15, 0.2) is 6.29 Å². The summed E-state index contributed by atoms with van der Waals surface area (Å²) in [5.74, 6) is 1.10. The van der Waals surface area contributed by atoms with Gasteiger partial charge in [0.1, 0.15) is 23.7 Å². The zero-order chi connectivity index (χ0) is 24.0. The molecule has 9 heteroatoms. The minimum atomic E-state index is -1.29. The molecule has 1 aromatic carbocycles. The molecule has 2 N–H and O–H groups in total. The first-order chi connectivity index (χ1) is 15.7. The fraction of sp³-hybridized carbons (Fsp3) is 0.625. The van der Waals surface area contributed by atoms with Crippen LogP contribution in [0.25, 0.3) is 11.3 Å². The standard InChI is InChI=1S/C24H36N4O5/c1-16(2)12-13-27(3)24(31)32-15-21-22(25-26-28(21)4)17-8-10-19(11-9-17)33-20-7-5-6-18(14-20)23(29)30/h8-11,16,18,20,23,29-30H,5-7,12-15H2,1-4H3/t18-,20-/m0/s1. The molecule has 1 aliphatic rings. The van der Waals surface area contributed by atoms with Gasteiger partial charge in [-0.1, -0.05) is 19.1 Å². The molecule has 0 spiro atoms. The molecule has 1 fully saturated rings. The molecule has 0 saturated heterocycles. The molecule has 2 aromatic rings. The van der Waals surface area contributed by atoms with Gasteiger partial charge in [-0.05, 0) is 62.3 Å². The third kappa shape index (κ3) is 6.91. The van der Waals surface area contributed by atoms with Crippen molar-refractivity contribution in [3.8, 4) is 17.0 Å². The molecule has 1 aromatic heterocycles. The largest absolute Gasteiger partial charge is 0.490 e. The molecule has 3 rings (SSSR count). The van der Waals surface area contributed by atoms with Crippen molar-refractivity contribution < 1.29 is 24.5 Å². The van der Waals surface area contributed by atoms with E-state index in [9.17, 15) is 15.0 Å². The van der Waals surface area contributed by atoms with Crippen LogP contribution < -0.4 is 4.74 Å². The van der Waals surface area contributed by atoms with Crippen molar-refractivity contribution in [3.05, 3.63) is 30.0 Å². The summed E-state index contributed by atoms with van der Waals surface area (Å²) in [4.78, 5) is 13.9. The van der Waals surface area contributed by atoms with Gasteiger partial charge in [0.2, 0.25) is 0 Å². The summed E-state index contributed by atoms with van der Waals surface area (Å²) in [7, 11) is 3.51. The number of benzene rings is 1. The highest BCUT2D eigenvalue weighted by Crippen LogP contribution is 2.30. The van der Waals surface area contributed by atoms with Crippen LogP contribution in [0.1, 0.15) is 51.6 Å². The Hall–Kier alpha value is -2.65. The van der Waals surface area contributed by atoms with Gasteiger partial charge in [0.05, 0.1) is 6.10 Å². The molecule has 0 unspecified atom stereocenters. The SMILES string of the molecule is CC(C)CCN(C)C(=O)OCc1c(-c2ccc(O[C@H]3CCC[C@H](C(O)O)C3)cc2)nnn1C. The normalized spacial score (nSPS) is 18.5. The van der Waals surface area contributed by atoms with Gasteiger partial charge in [-0.3, -0.25) is 0 Å². The molecule has 0 bridgehead atoms. The Morgan fingerprint density at radius 3 is 2.64 bits per heavy atom. The summed E-state index contributed by atoms with van der Waals surface area (Å²) in [6.45, 7) is 4.96. The maximum absolute atomic E-state index is 12.3. The van der Waals surface area contributed by atoms with E-state index in [1.165, 1.54) is 0 Å². The number of amides is 1. The first kappa shape index (κ1) is 25.0. The number of aromatic nitrogens is 3. The highest BCUT2D eigenvalue weighted by molar-refractivity contribution is 5.68. The number of nitrogens with zero attached hydrogens (tertiary/aromatic N) is 4. The van der Waals surface area contributed by atoms with E-state index in [-0.39, 0.29) is 24.7 Å². The van der Waals surface area contributed by atoms with Crippen LogP contribution in [0, 0.1) is 11.8 Å². The Kier molecular flexibility index (Phi) is 8.68. The summed E-state index contributed by atoms with van der Waals surface area (Å²) in [5.41, 5.74) is 2.21. The van der Waals surface area contributed by atoms with E-state index in [1.807, 2.05) is 24.3 Å². The Labute approximate surface area is 195 Å². The third-order valence-electron chi connectivity index (χ3n) is 6.15. The monoisotopic (exact) mass is 460 g/mol. The van der Waals surface area contributed by atoms with Crippen LogP contribution in [0.5, 0.6) is 5.75 Å². The van der Waals surface area contributed by atoms with E-state index in [1.54, 1.807) is 23.7 Å². The van der Waals surface area contributed by atoms with Crippen molar-refractivity contribution in [3.63, 3.8) is 0 Å². The quantitative estimate of drug-likeness (QED) is 0.552. The molecular formula is C24H36N4O5. The maximum atomic E-state index is 12.3. The average molecular weight is 461 g/mol. The van der Waals surface area contributed by atoms with Crippen LogP contribution in [-0.4, -0.2) is 62.2 Å². The number of hydrogen-bond donors (Lipinski definition) is 2. The zero-order valence-electron chi connectivity index (χ0n) is 20.0. The Bertz CT molecular complexity index is 897. The van der Waals surface area contributed by atoms with Crippen molar-refractivity contribution in [2.75, 3.05) is 13.6 Å². The van der Waals surface area contributed by atoms with Crippen molar-refractivity contribution in [2.45, 2.75) is 65.0 Å². The van der Waals surface area contributed by atoms with Crippen molar-refractivity contribution >= 4 is 6.09 Å². The summed E-state index contributed by atoms with van der Waals surface area (Å²) >= 11 is 0. The lowest BCUT2D eigenvalue weighted by Gasteiger charge is -2.30. The minimum Gasteiger partial charge on any atom is -0.490 e. The number of carbonyl (C=O) groups is 1. The van der Waals surface area contributed by atoms with Gasteiger partial charge >= 0.3 is 6.09 Å². The zero-order valence-corrected chi connectivity index (χ0v) is 20.0. The highest BCUT2D eigenvalue weighted by Gasteiger charge is 2.27. The number of carbonyl (C=O) groups excluding carboxylic acids is 1. The molecule has 182 valence electrons. The summed E-state index contributed by atoms with van der Waals surface area (Å²) in [6.07, 6.45) is 2.48. The maximum Gasteiger partial charge on any atom is 0.409 e. The lowest BCUT2D eigenvalue weighted by Crippen LogP contribution is -2.31. The number of rotatable bonds is 9. The highest BCUT2D eigenvalue weighted by atomic mass is 16.6. The van der Waals surface area contributed by atoms with Crippen LogP contribution >= 0.6 is 0 Å². The third-order valence-corrected chi connectivity index (χ3v) is 6.15. The number of aliphatic hydroxyl groups is 2. The molecule has 0 aliphatic heterocycles. The van der Waals surface area contributed by atoms with Gasteiger partial charge in [0, 0.05) is 32.1 Å². The van der Waals surface area contributed by atoms with Gasteiger partial charge < -0.3 is 24.6 Å². The average Bonchev–Trinajstić information content (AvgIpc) is 3.16. The van der Waals surface area contributed by atoms with Crippen LogP contribution in [0.2, 0.25) is 0 Å².